The molecule has 0 aromatic carbocycles. The molecular formula is C9H12N6O2S. The van der Waals surface area contributed by atoms with Crippen LogP contribution in [0, 0.1) is 6.92 Å². The number of amides is 1. The number of carbonyl (C=O) groups excluding carboxylic acids is 1. The van der Waals surface area contributed by atoms with Crippen molar-refractivity contribution in [1.82, 2.24) is 30.5 Å². The minimum atomic E-state index is -0.356. The Morgan fingerprint density at radius 3 is 3.00 bits per heavy atom. The maximum absolute atomic E-state index is 11.8. The third-order valence-electron chi connectivity index (χ3n) is 2.40. The van der Waals surface area contributed by atoms with E-state index in [4.69, 9.17) is 0 Å². The Kier molecular flexibility index (Phi) is 3.51. The molecule has 18 heavy (non-hydrogen) atoms. The molecule has 2 aromatic heterocycles. The smallest absolute Gasteiger partial charge is 0.307 e. The quantitative estimate of drug-likeness (QED) is 0.785. The van der Waals surface area contributed by atoms with E-state index in [0.29, 0.717) is 5.82 Å². The Bertz CT molecular complexity index is 586. The first-order valence-corrected chi connectivity index (χ1v) is 6.13. The fourth-order valence-electron chi connectivity index (χ4n) is 1.44. The van der Waals surface area contributed by atoms with Gasteiger partial charge >= 0.3 is 4.87 Å². The molecule has 2 rings (SSSR count). The maximum atomic E-state index is 11.8. The van der Waals surface area contributed by atoms with E-state index in [9.17, 15) is 9.59 Å². The van der Waals surface area contributed by atoms with Crippen LogP contribution < -0.4 is 10.2 Å². The number of thiazole rings is 1. The lowest BCUT2D eigenvalue weighted by Gasteiger charge is -2.10. The molecule has 2 heterocycles. The lowest BCUT2D eigenvalue weighted by atomic mass is 10.3. The molecule has 1 unspecified atom stereocenters. The van der Waals surface area contributed by atoms with Gasteiger partial charge < -0.3 is 5.32 Å². The second-order valence-corrected chi connectivity index (χ2v) is 4.61. The highest BCUT2D eigenvalue weighted by Crippen LogP contribution is 2.04. The van der Waals surface area contributed by atoms with Crippen LogP contribution in [-0.4, -0.2) is 31.1 Å². The molecule has 1 atom stereocenters. The molecule has 96 valence electrons. The maximum Gasteiger partial charge on any atom is 0.307 e. The van der Waals surface area contributed by atoms with Gasteiger partial charge in [-0.25, -0.2) is 0 Å². The SMILES string of the molecule is Cc1csc(=O)n1CC(=O)NC(C)c1nn[nH]n1. The van der Waals surface area contributed by atoms with Gasteiger partial charge in [-0.15, -0.1) is 10.2 Å². The van der Waals surface area contributed by atoms with E-state index in [1.165, 1.54) is 4.57 Å². The number of hydrogen-bond acceptors (Lipinski definition) is 6. The van der Waals surface area contributed by atoms with Crippen molar-refractivity contribution in [2.75, 3.05) is 0 Å². The molecule has 2 aromatic rings. The summed E-state index contributed by atoms with van der Waals surface area (Å²) in [4.78, 5) is 23.1. The molecule has 0 aliphatic rings. The summed E-state index contributed by atoms with van der Waals surface area (Å²) < 4.78 is 1.42. The van der Waals surface area contributed by atoms with Crippen LogP contribution in [0.3, 0.4) is 0 Å². The number of aromatic nitrogens is 5. The van der Waals surface area contributed by atoms with Crippen molar-refractivity contribution in [3.8, 4) is 0 Å². The first-order valence-electron chi connectivity index (χ1n) is 5.25. The van der Waals surface area contributed by atoms with Gasteiger partial charge in [0.1, 0.15) is 6.54 Å². The number of H-pyrrole nitrogens is 1. The van der Waals surface area contributed by atoms with Crippen molar-refractivity contribution in [3.05, 3.63) is 26.6 Å². The van der Waals surface area contributed by atoms with Crippen LogP contribution in [0.15, 0.2) is 10.2 Å². The van der Waals surface area contributed by atoms with Gasteiger partial charge in [-0.2, -0.15) is 5.21 Å². The molecule has 0 saturated carbocycles. The van der Waals surface area contributed by atoms with E-state index >= 15 is 0 Å². The van der Waals surface area contributed by atoms with E-state index in [0.717, 1.165) is 17.0 Å². The molecule has 0 spiro atoms. The fraction of sp³-hybridized carbons (Fsp3) is 0.444. The van der Waals surface area contributed by atoms with E-state index in [1.807, 2.05) is 0 Å². The van der Waals surface area contributed by atoms with Crippen molar-refractivity contribution in [1.29, 1.82) is 0 Å². The Balaban J connectivity index is 1.99. The average molecular weight is 268 g/mol. The van der Waals surface area contributed by atoms with Crippen LogP contribution in [0.25, 0.3) is 0 Å². The number of carbonyl (C=O) groups is 1. The zero-order valence-electron chi connectivity index (χ0n) is 9.88. The lowest BCUT2D eigenvalue weighted by Crippen LogP contribution is -2.33. The first-order chi connectivity index (χ1) is 8.58. The largest absolute Gasteiger partial charge is 0.345 e. The van der Waals surface area contributed by atoms with Gasteiger partial charge in [-0.1, -0.05) is 16.6 Å². The topological polar surface area (TPSA) is 106 Å². The van der Waals surface area contributed by atoms with Gasteiger partial charge in [0.25, 0.3) is 0 Å². The highest BCUT2D eigenvalue weighted by molar-refractivity contribution is 7.07. The van der Waals surface area contributed by atoms with Gasteiger partial charge in [-0.05, 0) is 13.8 Å². The minimum absolute atomic E-state index is 0.00361. The van der Waals surface area contributed by atoms with Crippen LogP contribution in [0.4, 0.5) is 0 Å². The minimum Gasteiger partial charge on any atom is -0.345 e. The van der Waals surface area contributed by atoms with E-state index in [2.05, 4.69) is 25.9 Å². The van der Waals surface area contributed by atoms with Crippen molar-refractivity contribution >= 4 is 17.2 Å². The second-order valence-electron chi connectivity index (χ2n) is 3.79. The summed E-state index contributed by atoms with van der Waals surface area (Å²) in [5, 5.41) is 17.7. The van der Waals surface area contributed by atoms with E-state index in [1.54, 1.807) is 19.2 Å². The molecule has 8 nitrogen and oxygen atoms in total. The van der Waals surface area contributed by atoms with Crippen molar-refractivity contribution < 1.29 is 4.79 Å². The molecular weight excluding hydrogens is 256 g/mol. The standard InChI is InChI=1S/C9H12N6O2S/c1-5-4-18-9(17)15(5)3-7(16)10-6(2)8-11-13-14-12-8/h4,6H,3H2,1-2H3,(H,10,16)(H,11,12,13,14). The number of nitrogens with zero attached hydrogens (tertiary/aromatic N) is 4. The summed E-state index contributed by atoms with van der Waals surface area (Å²) in [6, 6.07) is -0.356. The first kappa shape index (κ1) is 12.4. The van der Waals surface area contributed by atoms with Gasteiger partial charge in [0.2, 0.25) is 5.91 Å². The zero-order chi connectivity index (χ0) is 13.1. The number of aryl methyl sites for hydroxylation is 1. The summed E-state index contributed by atoms with van der Waals surface area (Å²) >= 11 is 1.08. The number of nitrogens with one attached hydrogen (secondary N) is 2. The predicted molar refractivity (Wildman–Crippen MR) is 64.1 cm³/mol. The Hall–Kier alpha value is -2.03. The van der Waals surface area contributed by atoms with Gasteiger partial charge in [0, 0.05) is 11.1 Å². The van der Waals surface area contributed by atoms with Gasteiger partial charge in [0.05, 0.1) is 6.04 Å². The third-order valence-corrected chi connectivity index (χ3v) is 3.29. The van der Waals surface area contributed by atoms with Crippen molar-refractivity contribution in [2.24, 2.45) is 0 Å². The molecule has 0 aliphatic carbocycles. The highest BCUT2D eigenvalue weighted by atomic mass is 32.1. The second kappa shape index (κ2) is 5.08. The summed E-state index contributed by atoms with van der Waals surface area (Å²) in [5.74, 6) is 0.133. The van der Waals surface area contributed by atoms with Crippen LogP contribution in [0.5, 0.6) is 0 Å². The summed E-state index contributed by atoms with van der Waals surface area (Å²) in [6.45, 7) is 3.52. The fourth-order valence-corrected chi connectivity index (χ4v) is 2.18. The molecule has 1 amide bonds. The number of aromatic amines is 1. The molecule has 0 aliphatic heterocycles. The monoisotopic (exact) mass is 268 g/mol. The highest BCUT2D eigenvalue weighted by Gasteiger charge is 2.15. The van der Waals surface area contributed by atoms with Crippen LogP contribution in [0.1, 0.15) is 24.5 Å². The number of rotatable bonds is 4. The van der Waals surface area contributed by atoms with Crippen molar-refractivity contribution in [3.63, 3.8) is 0 Å². The molecule has 0 fully saturated rings. The normalized spacial score (nSPS) is 12.3. The van der Waals surface area contributed by atoms with Crippen LogP contribution in [-0.2, 0) is 11.3 Å². The summed E-state index contributed by atoms with van der Waals surface area (Å²) in [6.07, 6.45) is 0. The lowest BCUT2D eigenvalue weighted by molar-refractivity contribution is -0.122. The van der Waals surface area contributed by atoms with Crippen molar-refractivity contribution in [2.45, 2.75) is 26.4 Å². The van der Waals surface area contributed by atoms with Gasteiger partial charge in [-0.3, -0.25) is 14.2 Å². The third kappa shape index (κ3) is 2.62. The molecule has 9 heteroatoms. The van der Waals surface area contributed by atoms with E-state index < -0.39 is 0 Å². The number of tetrazole rings is 1. The Labute approximate surface area is 106 Å². The summed E-state index contributed by atoms with van der Waals surface area (Å²) in [7, 11) is 0. The average Bonchev–Trinajstić information content (AvgIpc) is 2.94. The number of hydrogen-bond donors (Lipinski definition) is 2. The predicted octanol–water partition coefficient (Wildman–Crippen LogP) is -0.391. The molecule has 0 bridgehead atoms. The molecule has 2 N–H and O–H groups in total. The van der Waals surface area contributed by atoms with Gasteiger partial charge in [0.15, 0.2) is 5.82 Å². The van der Waals surface area contributed by atoms with Crippen LogP contribution in [0.2, 0.25) is 0 Å². The molecule has 0 saturated heterocycles. The Morgan fingerprint density at radius 2 is 2.44 bits per heavy atom. The van der Waals surface area contributed by atoms with E-state index in [-0.39, 0.29) is 23.4 Å². The molecule has 0 radical (unpaired) electrons. The zero-order valence-corrected chi connectivity index (χ0v) is 10.7. The van der Waals surface area contributed by atoms with Crippen LogP contribution >= 0.6 is 11.3 Å². The summed E-state index contributed by atoms with van der Waals surface area (Å²) in [5.41, 5.74) is 0.771. The Morgan fingerprint density at radius 1 is 1.67 bits per heavy atom.